The number of carboxylic acids is 1. The number of nitrogens with zero attached hydrogens (tertiary/aromatic N) is 1. The van der Waals surface area contributed by atoms with Crippen LogP contribution in [0.2, 0.25) is 0 Å². The van der Waals surface area contributed by atoms with Crippen LogP contribution in [0.5, 0.6) is 0 Å². The van der Waals surface area contributed by atoms with Crippen molar-refractivity contribution in [3.05, 3.63) is 45.6 Å². The zero-order chi connectivity index (χ0) is 15.8. The summed E-state index contributed by atoms with van der Waals surface area (Å²) in [5.74, 6) is -1.24. The number of hydrogen-bond donors (Lipinski definition) is 1. The topological polar surface area (TPSA) is 74.7 Å². The number of benzene rings is 1. The number of aromatic carboxylic acids is 1. The van der Waals surface area contributed by atoms with Crippen LogP contribution >= 0.6 is 11.3 Å². The van der Waals surface area contributed by atoms with E-state index in [1.807, 2.05) is 26.0 Å². The third-order valence-electron chi connectivity index (χ3n) is 3.15. The summed E-state index contributed by atoms with van der Waals surface area (Å²) in [5.41, 5.74) is 2.38. The van der Waals surface area contributed by atoms with Gasteiger partial charge in [-0.1, -0.05) is 17.7 Å². The number of sulfonamides is 1. The number of carboxylic acid groups (broad SMARTS) is 1. The Balaban J connectivity index is 2.53. The van der Waals surface area contributed by atoms with Crippen LogP contribution in [0.1, 0.15) is 20.8 Å². The molecule has 21 heavy (non-hydrogen) atoms. The largest absolute Gasteiger partial charge is 0.477 e. The second-order valence-corrected chi connectivity index (χ2v) is 7.54. The molecule has 112 valence electrons. The lowest BCUT2D eigenvalue weighted by molar-refractivity contribution is 0.0698. The number of hydrogen-bond acceptors (Lipinski definition) is 4. The monoisotopic (exact) mass is 325 g/mol. The van der Waals surface area contributed by atoms with Crippen molar-refractivity contribution in [2.75, 3.05) is 11.4 Å². The molecule has 0 saturated heterocycles. The van der Waals surface area contributed by atoms with Crippen molar-refractivity contribution in [3.63, 3.8) is 0 Å². The van der Waals surface area contributed by atoms with Crippen molar-refractivity contribution in [1.29, 1.82) is 0 Å². The Morgan fingerprint density at radius 3 is 2.48 bits per heavy atom. The van der Waals surface area contributed by atoms with E-state index in [1.54, 1.807) is 6.07 Å². The van der Waals surface area contributed by atoms with E-state index >= 15 is 0 Å². The predicted octanol–water partition coefficient (Wildman–Crippen LogP) is 2.89. The van der Waals surface area contributed by atoms with Crippen molar-refractivity contribution >= 4 is 33.0 Å². The first-order chi connectivity index (χ1) is 9.75. The van der Waals surface area contributed by atoms with Gasteiger partial charge >= 0.3 is 5.97 Å². The van der Waals surface area contributed by atoms with Gasteiger partial charge in [0, 0.05) is 7.05 Å². The molecule has 2 rings (SSSR count). The molecule has 5 nitrogen and oxygen atoms in total. The summed E-state index contributed by atoms with van der Waals surface area (Å²) in [7, 11) is -2.47. The Bertz CT molecular complexity index is 793. The number of thiophene rings is 1. The quantitative estimate of drug-likeness (QED) is 0.938. The molecule has 0 aliphatic heterocycles. The molecule has 0 aliphatic rings. The van der Waals surface area contributed by atoms with Gasteiger partial charge in [-0.2, -0.15) is 0 Å². The number of carbonyl (C=O) groups is 1. The molecular weight excluding hydrogens is 310 g/mol. The number of aryl methyl sites for hydroxylation is 2. The summed E-state index contributed by atoms with van der Waals surface area (Å²) >= 11 is 0.898. The van der Waals surface area contributed by atoms with Crippen LogP contribution in [0.15, 0.2) is 34.5 Å². The van der Waals surface area contributed by atoms with Gasteiger partial charge in [-0.05, 0) is 36.9 Å². The first-order valence-corrected chi connectivity index (χ1v) is 8.44. The van der Waals surface area contributed by atoms with Crippen molar-refractivity contribution < 1.29 is 18.3 Å². The Morgan fingerprint density at radius 2 is 1.90 bits per heavy atom. The molecule has 0 atom stereocenters. The minimum absolute atomic E-state index is 0.174. The summed E-state index contributed by atoms with van der Waals surface area (Å²) in [6.45, 7) is 3.74. The van der Waals surface area contributed by atoms with E-state index in [0.29, 0.717) is 5.69 Å². The summed E-state index contributed by atoms with van der Waals surface area (Å²) < 4.78 is 26.4. The molecular formula is C14H15NO4S2. The SMILES string of the molecule is Cc1ccc(N(C)S(=O)(=O)c2ccsc2C(=O)O)c(C)c1. The van der Waals surface area contributed by atoms with E-state index in [2.05, 4.69) is 0 Å². The van der Waals surface area contributed by atoms with Crippen LogP contribution in [0.3, 0.4) is 0 Å². The highest BCUT2D eigenvalue weighted by molar-refractivity contribution is 7.93. The lowest BCUT2D eigenvalue weighted by Gasteiger charge is -2.21. The van der Waals surface area contributed by atoms with Gasteiger partial charge in [0.15, 0.2) is 0 Å². The fourth-order valence-electron chi connectivity index (χ4n) is 2.09. The van der Waals surface area contributed by atoms with Gasteiger partial charge in [-0.3, -0.25) is 4.31 Å². The van der Waals surface area contributed by atoms with E-state index in [0.717, 1.165) is 26.8 Å². The Kier molecular flexibility index (Phi) is 4.06. The van der Waals surface area contributed by atoms with Crippen LogP contribution in [-0.2, 0) is 10.0 Å². The highest BCUT2D eigenvalue weighted by Gasteiger charge is 2.28. The summed E-state index contributed by atoms with van der Waals surface area (Å²) in [5, 5.41) is 10.6. The molecule has 0 unspecified atom stereocenters. The molecule has 1 aromatic heterocycles. The number of rotatable bonds is 4. The van der Waals surface area contributed by atoms with Crippen molar-refractivity contribution in [1.82, 2.24) is 0 Å². The lowest BCUT2D eigenvalue weighted by Crippen LogP contribution is -2.28. The third kappa shape index (κ3) is 2.79. The fraction of sp³-hybridized carbons (Fsp3) is 0.214. The van der Waals surface area contributed by atoms with Crippen molar-refractivity contribution in [2.45, 2.75) is 18.7 Å². The molecule has 2 aromatic rings. The predicted molar refractivity (Wildman–Crippen MR) is 82.8 cm³/mol. The van der Waals surface area contributed by atoms with Crippen LogP contribution in [0.25, 0.3) is 0 Å². The maximum atomic E-state index is 12.6. The summed E-state index contributed by atoms with van der Waals surface area (Å²) in [4.78, 5) is 10.8. The highest BCUT2D eigenvalue weighted by atomic mass is 32.2. The maximum absolute atomic E-state index is 12.6. The molecule has 0 saturated carbocycles. The minimum atomic E-state index is -3.90. The van der Waals surface area contributed by atoms with Gasteiger partial charge in [0.1, 0.15) is 9.77 Å². The van der Waals surface area contributed by atoms with Crippen molar-refractivity contribution in [2.24, 2.45) is 0 Å². The Labute approximate surface area is 127 Å². The summed E-state index contributed by atoms with van der Waals surface area (Å²) in [6.07, 6.45) is 0. The van der Waals surface area contributed by atoms with E-state index in [1.165, 1.54) is 18.5 Å². The molecule has 0 amide bonds. The van der Waals surface area contributed by atoms with Gasteiger partial charge < -0.3 is 5.11 Å². The van der Waals surface area contributed by atoms with Gasteiger partial charge in [-0.25, -0.2) is 13.2 Å². The normalized spacial score (nSPS) is 11.4. The van der Waals surface area contributed by atoms with E-state index in [4.69, 9.17) is 5.11 Å². The second-order valence-electron chi connectivity index (χ2n) is 4.68. The molecule has 0 fully saturated rings. The number of anilines is 1. The molecule has 1 N–H and O–H groups in total. The highest BCUT2D eigenvalue weighted by Crippen LogP contribution is 2.29. The fourth-order valence-corrected chi connectivity index (χ4v) is 4.58. The summed E-state index contributed by atoms with van der Waals surface area (Å²) in [6, 6.07) is 6.74. The minimum Gasteiger partial charge on any atom is -0.477 e. The molecule has 7 heteroatoms. The first kappa shape index (κ1) is 15.5. The lowest BCUT2D eigenvalue weighted by atomic mass is 10.1. The van der Waals surface area contributed by atoms with Gasteiger partial charge in [-0.15, -0.1) is 11.3 Å². The van der Waals surface area contributed by atoms with Crippen LogP contribution in [0, 0.1) is 13.8 Å². The van der Waals surface area contributed by atoms with Crippen LogP contribution < -0.4 is 4.31 Å². The molecule has 1 aromatic carbocycles. The zero-order valence-electron chi connectivity index (χ0n) is 11.8. The van der Waals surface area contributed by atoms with E-state index < -0.39 is 16.0 Å². The van der Waals surface area contributed by atoms with Crippen molar-refractivity contribution in [3.8, 4) is 0 Å². The van der Waals surface area contributed by atoms with E-state index in [-0.39, 0.29) is 9.77 Å². The van der Waals surface area contributed by atoms with Gasteiger partial charge in [0.2, 0.25) is 0 Å². The van der Waals surface area contributed by atoms with Gasteiger partial charge in [0.05, 0.1) is 5.69 Å². The molecule has 1 heterocycles. The van der Waals surface area contributed by atoms with Crippen LogP contribution in [0.4, 0.5) is 5.69 Å². The standard InChI is InChI=1S/C14H15NO4S2/c1-9-4-5-11(10(2)8-9)15(3)21(18,19)12-6-7-20-13(12)14(16)17/h4-8H,1-3H3,(H,16,17). The average molecular weight is 325 g/mol. The molecule has 0 aliphatic carbocycles. The molecule has 0 bridgehead atoms. The smallest absolute Gasteiger partial charge is 0.347 e. The third-order valence-corrected chi connectivity index (χ3v) is 6.00. The molecule has 0 spiro atoms. The Hall–Kier alpha value is -1.86. The van der Waals surface area contributed by atoms with Gasteiger partial charge in [0.25, 0.3) is 10.0 Å². The van der Waals surface area contributed by atoms with E-state index in [9.17, 15) is 13.2 Å². The zero-order valence-corrected chi connectivity index (χ0v) is 13.5. The molecule has 0 radical (unpaired) electrons. The second kappa shape index (κ2) is 5.50. The average Bonchev–Trinajstić information content (AvgIpc) is 2.88. The Morgan fingerprint density at radius 1 is 1.24 bits per heavy atom. The maximum Gasteiger partial charge on any atom is 0.347 e. The first-order valence-electron chi connectivity index (χ1n) is 6.12. The van der Waals surface area contributed by atoms with Crippen LogP contribution in [-0.4, -0.2) is 26.5 Å².